The molecule has 0 spiro atoms. The third kappa shape index (κ3) is 4.31. The zero-order valence-corrected chi connectivity index (χ0v) is 15.0. The number of Topliss-reactive ketones (excluding diaryl/α,β-unsaturated/α-hetero) is 1. The zero-order chi connectivity index (χ0) is 18.9. The molecule has 3 saturated heterocycles. The number of nitrogens with zero attached hydrogens (tertiary/aromatic N) is 3. The molecule has 3 fully saturated rings. The topological polar surface area (TPSA) is 137 Å². The summed E-state index contributed by atoms with van der Waals surface area (Å²) in [6, 6.07) is -2.15. The highest BCUT2D eigenvalue weighted by Crippen LogP contribution is 2.30. The van der Waals surface area contributed by atoms with Crippen LogP contribution in [0, 0.1) is 0 Å². The number of urea groups is 1. The van der Waals surface area contributed by atoms with Crippen molar-refractivity contribution in [1.82, 2.24) is 20.2 Å². The predicted molar refractivity (Wildman–Crippen MR) is 87.1 cm³/mol. The molecule has 12 heteroatoms. The standard InChI is InChI=1S/C14H22N4O7S/c19-11(9-16-5-1-2-6-16)7-15-13(20)12-4-3-10-8-17(12)14(21)18(10)25-26(22,23)24/h10,12H,1-9H2,(H,15,20)(H,22,23,24)/t10-,12+/m1/s1. The number of carbonyl (C=O) groups is 3. The molecule has 3 aliphatic rings. The zero-order valence-electron chi connectivity index (χ0n) is 14.2. The average molecular weight is 390 g/mol. The Labute approximate surface area is 151 Å². The minimum atomic E-state index is -4.82. The van der Waals surface area contributed by atoms with E-state index in [-0.39, 0.29) is 18.9 Å². The van der Waals surface area contributed by atoms with Gasteiger partial charge >= 0.3 is 16.4 Å². The molecule has 0 unspecified atom stereocenters. The summed E-state index contributed by atoms with van der Waals surface area (Å²) in [5.41, 5.74) is 0. The first-order valence-corrected chi connectivity index (χ1v) is 9.90. The Kier molecular flexibility index (Phi) is 5.46. The Balaban J connectivity index is 1.52. The van der Waals surface area contributed by atoms with Crippen molar-refractivity contribution in [3.05, 3.63) is 0 Å². The maximum Gasteiger partial charge on any atom is 0.418 e. The molecule has 3 aliphatic heterocycles. The molecule has 0 aromatic rings. The van der Waals surface area contributed by atoms with Crippen LogP contribution in [-0.4, -0.2) is 90.4 Å². The number of hydrogen-bond acceptors (Lipinski definition) is 7. The van der Waals surface area contributed by atoms with Gasteiger partial charge in [-0.1, -0.05) is 0 Å². The van der Waals surface area contributed by atoms with Crippen LogP contribution in [0.25, 0.3) is 0 Å². The number of nitrogens with one attached hydrogen (secondary N) is 1. The van der Waals surface area contributed by atoms with Crippen molar-refractivity contribution in [3.63, 3.8) is 0 Å². The lowest BCUT2D eigenvalue weighted by molar-refractivity contribution is -0.129. The molecule has 0 aliphatic carbocycles. The van der Waals surface area contributed by atoms with Gasteiger partial charge in [-0.05, 0) is 38.8 Å². The third-order valence-corrected chi connectivity index (χ3v) is 5.21. The van der Waals surface area contributed by atoms with Crippen molar-refractivity contribution < 1.29 is 31.6 Å². The van der Waals surface area contributed by atoms with Gasteiger partial charge in [0.2, 0.25) is 5.91 Å². The van der Waals surface area contributed by atoms with Crippen LogP contribution in [0.15, 0.2) is 0 Å². The molecule has 2 N–H and O–H groups in total. The summed E-state index contributed by atoms with van der Waals surface area (Å²) < 4.78 is 34.8. The summed E-state index contributed by atoms with van der Waals surface area (Å²) in [7, 11) is -4.82. The Morgan fingerprint density at radius 3 is 2.58 bits per heavy atom. The molecule has 26 heavy (non-hydrogen) atoms. The van der Waals surface area contributed by atoms with E-state index in [4.69, 9.17) is 4.55 Å². The first-order chi connectivity index (χ1) is 12.2. The lowest BCUT2D eigenvalue weighted by atomic mass is 10.0. The summed E-state index contributed by atoms with van der Waals surface area (Å²) in [6.07, 6.45) is 2.80. The van der Waals surface area contributed by atoms with E-state index in [2.05, 4.69) is 9.60 Å². The number of piperidine rings is 1. The molecule has 0 aromatic heterocycles. The number of likely N-dealkylation sites (tertiary alicyclic amines) is 1. The Morgan fingerprint density at radius 1 is 1.23 bits per heavy atom. The molecule has 2 bridgehead atoms. The van der Waals surface area contributed by atoms with E-state index in [1.165, 1.54) is 4.90 Å². The van der Waals surface area contributed by atoms with Crippen LogP contribution in [0.3, 0.4) is 0 Å². The first kappa shape index (κ1) is 19.0. The van der Waals surface area contributed by atoms with Gasteiger partial charge in [0, 0.05) is 6.54 Å². The summed E-state index contributed by atoms with van der Waals surface area (Å²) in [4.78, 5) is 39.8. The second-order valence-corrected chi connectivity index (χ2v) is 7.75. The summed E-state index contributed by atoms with van der Waals surface area (Å²) in [6.45, 7) is 2.08. The summed E-state index contributed by atoms with van der Waals surface area (Å²) in [5.74, 6) is -0.557. The number of hydrogen-bond donors (Lipinski definition) is 2. The van der Waals surface area contributed by atoms with Gasteiger partial charge in [0.1, 0.15) is 6.04 Å². The largest absolute Gasteiger partial charge is 0.418 e. The highest BCUT2D eigenvalue weighted by atomic mass is 32.3. The van der Waals surface area contributed by atoms with Gasteiger partial charge < -0.3 is 10.2 Å². The quantitative estimate of drug-likeness (QED) is 0.516. The summed E-state index contributed by atoms with van der Waals surface area (Å²) >= 11 is 0. The van der Waals surface area contributed by atoms with E-state index >= 15 is 0 Å². The van der Waals surface area contributed by atoms with Crippen molar-refractivity contribution in [2.75, 3.05) is 32.7 Å². The SMILES string of the molecule is O=C(CNC(=O)[C@@H]1CC[C@@H]2CN1C(=O)N2OS(=O)(=O)O)CN1CCCC1. The molecular weight excluding hydrogens is 368 g/mol. The monoisotopic (exact) mass is 390 g/mol. The van der Waals surface area contributed by atoms with Gasteiger partial charge in [-0.15, -0.1) is 4.28 Å². The molecular formula is C14H22N4O7S. The maximum atomic E-state index is 12.4. The van der Waals surface area contributed by atoms with Crippen LogP contribution >= 0.6 is 0 Å². The number of ketones is 1. The highest BCUT2D eigenvalue weighted by molar-refractivity contribution is 7.80. The van der Waals surface area contributed by atoms with Crippen LogP contribution in [0.1, 0.15) is 25.7 Å². The highest BCUT2D eigenvalue weighted by Gasteiger charge is 2.49. The number of rotatable bonds is 7. The van der Waals surface area contributed by atoms with Gasteiger partial charge in [0.05, 0.1) is 19.1 Å². The van der Waals surface area contributed by atoms with Crippen molar-refractivity contribution in [1.29, 1.82) is 0 Å². The van der Waals surface area contributed by atoms with E-state index in [1.807, 2.05) is 4.90 Å². The molecule has 0 radical (unpaired) electrons. The Hall–Kier alpha value is -1.76. The van der Waals surface area contributed by atoms with Gasteiger partial charge in [-0.3, -0.25) is 19.0 Å². The van der Waals surface area contributed by atoms with Crippen LogP contribution in [0.4, 0.5) is 4.79 Å². The molecule has 3 heterocycles. The molecule has 146 valence electrons. The van der Waals surface area contributed by atoms with Crippen LogP contribution in [-0.2, 0) is 24.3 Å². The molecule has 3 rings (SSSR count). The van der Waals surface area contributed by atoms with Gasteiger partial charge in [0.25, 0.3) is 0 Å². The minimum Gasteiger partial charge on any atom is -0.347 e. The van der Waals surface area contributed by atoms with Crippen molar-refractivity contribution >= 4 is 28.1 Å². The van der Waals surface area contributed by atoms with Crippen LogP contribution < -0.4 is 5.32 Å². The van der Waals surface area contributed by atoms with E-state index in [0.717, 1.165) is 25.9 Å². The van der Waals surface area contributed by atoms with Gasteiger partial charge in [0.15, 0.2) is 5.78 Å². The van der Waals surface area contributed by atoms with Crippen LogP contribution in [0.5, 0.6) is 0 Å². The number of hydroxylamine groups is 2. The van der Waals surface area contributed by atoms with E-state index in [9.17, 15) is 22.8 Å². The van der Waals surface area contributed by atoms with Gasteiger partial charge in [-0.2, -0.15) is 13.5 Å². The fourth-order valence-electron chi connectivity index (χ4n) is 3.65. The Bertz CT molecular complexity index is 691. The fourth-order valence-corrected chi connectivity index (χ4v) is 4.04. The Morgan fingerprint density at radius 2 is 1.92 bits per heavy atom. The first-order valence-electron chi connectivity index (χ1n) is 8.53. The number of amides is 3. The number of carbonyl (C=O) groups excluding carboxylic acids is 3. The second kappa shape index (κ2) is 7.47. The van der Waals surface area contributed by atoms with Crippen LogP contribution in [0.2, 0.25) is 0 Å². The minimum absolute atomic E-state index is 0.0991. The van der Waals surface area contributed by atoms with Crippen molar-refractivity contribution in [3.8, 4) is 0 Å². The van der Waals surface area contributed by atoms with E-state index < -0.39 is 34.4 Å². The summed E-state index contributed by atoms with van der Waals surface area (Å²) in [5, 5.41) is 3.14. The normalized spacial score (nSPS) is 26.4. The molecule has 0 aromatic carbocycles. The van der Waals surface area contributed by atoms with E-state index in [1.54, 1.807) is 0 Å². The smallest absolute Gasteiger partial charge is 0.347 e. The van der Waals surface area contributed by atoms with E-state index in [0.29, 0.717) is 24.4 Å². The predicted octanol–water partition coefficient (Wildman–Crippen LogP) is -1.23. The van der Waals surface area contributed by atoms with Crippen molar-refractivity contribution in [2.45, 2.75) is 37.8 Å². The van der Waals surface area contributed by atoms with Crippen molar-refractivity contribution in [2.24, 2.45) is 0 Å². The second-order valence-electron chi connectivity index (χ2n) is 6.75. The molecule has 3 amide bonds. The third-order valence-electron chi connectivity index (χ3n) is 4.86. The molecule has 2 atom stereocenters. The fraction of sp³-hybridized carbons (Fsp3) is 0.786. The lowest BCUT2D eigenvalue weighted by Crippen LogP contribution is -2.51. The maximum absolute atomic E-state index is 12.4. The lowest BCUT2D eigenvalue weighted by Gasteiger charge is -2.29. The average Bonchev–Trinajstić information content (AvgIpc) is 3.15. The molecule has 0 saturated carbocycles. The van der Waals surface area contributed by atoms with Gasteiger partial charge in [-0.25, -0.2) is 4.79 Å². The molecule has 11 nitrogen and oxygen atoms in total. The number of fused-ring (bicyclic) bond motifs is 2.